The van der Waals surface area contributed by atoms with Crippen molar-refractivity contribution in [2.24, 2.45) is 0 Å². The van der Waals surface area contributed by atoms with E-state index in [-0.39, 0.29) is 23.7 Å². The van der Waals surface area contributed by atoms with Gasteiger partial charge in [0.25, 0.3) is 11.8 Å². The molecule has 0 bridgehead atoms. The fourth-order valence-corrected chi connectivity index (χ4v) is 2.72. The van der Waals surface area contributed by atoms with Gasteiger partial charge in [0.05, 0.1) is 5.56 Å². The summed E-state index contributed by atoms with van der Waals surface area (Å²) in [5.41, 5.74) is 0.767. The van der Waals surface area contributed by atoms with Crippen LogP contribution in [0.2, 0.25) is 0 Å². The minimum atomic E-state index is -1.17. The van der Waals surface area contributed by atoms with Crippen LogP contribution in [0.5, 0.6) is 11.5 Å². The van der Waals surface area contributed by atoms with Crippen LogP contribution in [-0.4, -0.2) is 30.4 Å². The Bertz CT molecular complexity index is 1070. The molecule has 0 saturated heterocycles. The molecule has 1 aromatic heterocycles. The van der Waals surface area contributed by atoms with Crippen LogP contribution < -0.4 is 15.4 Å². The number of rotatable bonds is 7. The summed E-state index contributed by atoms with van der Waals surface area (Å²) < 4.78 is 32.7. The van der Waals surface area contributed by atoms with E-state index in [9.17, 15) is 18.4 Å². The number of carbonyl (C=O) groups is 2. The van der Waals surface area contributed by atoms with Crippen molar-refractivity contribution in [3.8, 4) is 11.5 Å². The fourth-order valence-electron chi connectivity index (χ4n) is 2.72. The summed E-state index contributed by atoms with van der Waals surface area (Å²) in [6.07, 6.45) is 1.94. The highest BCUT2D eigenvalue weighted by Crippen LogP contribution is 2.22. The molecule has 30 heavy (non-hydrogen) atoms. The molecule has 154 valence electrons. The minimum absolute atomic E-state index is 0.230. The second-order valence-electron chi connectivity index (χ2n) is 6.31. The molecule has 8 heteroatoms. The first-order valence-electron chi connectivity index (χ1n) is 9.15. The van der Waals surface area contributed by atoms with E-state index in [1.54, 1.807) is 24.3 Å². The van der Waals surface area contributed by atoms with Crippen molar-refractivity contribution in [3.63, 3.8) is 0 Å². The van der Waals surface area contributed by atoms with Gasteiger partial charge >= 0.3 is 0 Å². The van der Waals surface area contributed by atoms with Gasteiger partial charge in [-0.15, -0.1) is 0 Å². The van der Waals surface area contributed by atoms with E-state index in [1.165, 1.54) is 31.4 Å². The largest absolute Gasteiger partial charge is 0.457 e. The summed E-state index contributed by atoms with van der Waals surface area (Å²) in [7, 11) is 1.52. The van der Waals surface area contributed by atoms with Gasteiger partial charge in [0, 0.05) is 25.9 Å². The topological polar surface area (TPSA) is 80.3 Å². The third-order valence-electron chi connectivity index (χ3n) is 4.22. The van der Waals surface area contributed by atoms with E-state index in [2.05, 4.69) is 15.6 Å². The molecule has 0 aliphatic heterocycles. The molecule has 0 aliphatic rings. The molecule has 0 unspecified atom stereocenters. The number of nitrogens with zero attached hydrogens (tertiary/aromatic N) is 1. The Morgan fingerprint density at radius 2 is 1.77 bits per heavy atom. The third kappa shape index (κ3) is 5.16. The number of hydrogen-bond acceptors (Lipinski definition) is 4. The molecule has 0 fully saturated rings. The smallest absolute Gasteiger partial charge is 0.269 e. The number of amides is 2. The maximum Gasteiger partial charge on any atom is 0.269 e. The lowest BCUT2D eigenvalue weighted by Crippen LogP contribution is -2.26. The standard InChI is InChI=1S/C22H19F2N3O3/c1-25-22(29)19-13-16(9-11-26-19)30-15-5-2-4-14(12-15)8-10-27-21(28)17-6-3-7-18(23)20(17)24/h2-7,9,11-13H,8,10H2,1H3,(H,25,29)(H,27,28). The molecule has 0 saturated carbocycles. The van der Waals surface area contributed by atoms with Crippen molar-refractivity contribution in [3.05, 3.63) is 89.2 Å². The quantitative estimate of drug-likeness (QED) is 0.624. The van der Waals surface area contributed by atoms with E-state index >= 15 is 0 Å². The highest BCUT2D eigenvalue weighted by molar-refractivity contribution is 5.94. The molecular formula is C22H19F2N3O3. The van der Waals surface area contributed by atoms with Crippen LogP contribution in [0.4, 0.5) is 8.78 Å². The van der Waals surface area contributed by atoms with Gasteiger partial charge in [-0.25, -0.2) is 8.78 Å². The first-order chi connectivity index (χ1) is 14.5. The zero-order valence-corrected chi connectivity index (χ0v) is 16.1. The molecule has 1 heterocycles. The first-order valence-corrected chi connectivity index (χ1v) is 9.15. The lowest BCUT2D eigenvalue weighted by Gasteiger charge is -2.10. The minimum Gasteiger partial charge on any atom is -0.457 e. The molecule has 3 aromatic rings. The van der Waals surface area contributed by atoms with E-state index in [1.807, 2.05) is 6.07 Å². The van der Waals surface area contributed by atoms with Gasteiger partial charge < -0.3 is 15.4 Å². The van der Waals surface area contributed by atoms with Crippen LogP contribution >= 0.6 is 0 Å². The predicted molar refractivity (Wildman–Crippen MR) is 107 cm³/mol. The van der Waals surface area contributed by atoms with Crippen LogP contribution in [0, 0.1) is 11.6 Å². The van der Waals surface area contributed by atoms with Gasteiger partial charge in [-0.2, -0.15) is 0 Å². The maximum absolute atomic E-state index is 13.7. The van der Waals surface area contributed by atoms with Gasteiger partial charge in [0.1, 0.15) is 17.2 Å². The molecule has 6 nitrogen and oxygen atoms in total. The first kappa shape index (κ1) is 20.9. The van der Waals surface area contributed by atoms with Crippen molar-refractivity contribution < 1.29 is 23.1 Å². The zero-order valence-electron chi connectivity index (χ0n) is 16.1. The van der Waals surface area contributed by atoms with Gasteiger partial charge in [0.2, 0.25) is 0 Å². The summed E-state index contributed by atoms with van der Waals surface area (Å²) >= 11 is 0. The number of pyridine rings is 1. The highest BCUT2D eigenvalue weighted by atomic mass is 19.2. The molecule has 0 spiro atoms. The number of nitrogens with one attached hydrogen (secondary N) is 2. The van der Waals surface area contributed by atoms with Crippen LogP contribution in [0.25, 0.3) is 0 Å². The zero-order chi connectivity index (χ0) is 21.5. The molecule has 3 rings (SSSR count). The summed E-state index contributed by atoms with van der Waals surface area (Å²) in [6.45, 7) is 0.230. The Hall–Kier alpha value is -3.81. The number of benzene rings is 2. The van der Waals surface area contributed by atoms with E-state index in [0.717, 1.165) is 11.6 Å². The van der Waals surface area contributed by atoms with E-state index in [0.29, 0.717) is 17.9 Å². The van der Waals surface area contributed by atoms with Crippen molar-refractivity contribution in [2.45, 2.75) is 6.42 Å². The third-order valence-corrected chi connectivity index (χ3v) is 4.22. The summed E-state index contributed by atoms with van der Waals surface area (Å²) in [4.78, 5) is 27.7. The number of halogens is 2. The molecular weight excluding hydrogens is 392 g/mol. The second-order valence-corrected chi connectivity index (χ2v) is 6.31. The molecule has 0 aliphatic carbocycles. The van der Waals surface area contributed by atoms with Crippen molar-refractivity contribution in [1.29, 1.82) is 0 Å². The molecule has 2 aromatic carbocycles. The Morgan fingerprint density at radius 1 is 1.00 bits per heavy atom. The van der Waals surface area contributed by atoms with Crippen LogP contribution in [0.15, 0.2) is 60.8 Å². The monoisotopic (exact) mass is 411 g/mol. The average molecular weight is 411 g/mol. The van der Waals surface area contributed by atoms with Crippen molar-refractivity contribution in [2.75, 3.05) is 13.6 Å². The number of aromatic nitrogens is 1. The summed E-state index contributed by atoms with van der Waals surface area (Å²) in [6, 6.07) is 13.8. The molecule has 2 N–H and O–H groups in total. The SMILES string of the molecule is CNC(=O)c1cc(Oc2cccc(CCNC(=O)c3cccc(F)c3F)c2)ccn1. The molecule has 0 radical (unpaired) electrons. The summed E-state index contributed by atoms with van der Waals surface area (Å²) in [5, 5.41) is 5.07. The summed E-state index contributed by atoms with van der Waals surface area (Å²) in [5.74, 6) is -2.24. The average Bonchev–Trinajstić information content (AvgIpc) is 2.75. The normalized spacial score (nSPS) is 10.4. The van der Waals surface area contributed by atoms with E-state index in [4.69, 9.17) is 4.74 Å². The predicted octanol–water partition coefficient (Wildman–Crippen LogP) is 3.48. The van der Waals surface area contributed by atoms with Crippen molar-refractivity contribution in [1.82, 2.24) is 15.6 Å². The lowest BCUT2D eigenvalue weighted by atomic mass is 10.1. The van der Waals surface area contributed by atoms with Crippen LogP contribution in [0.3, 0.4) is 0 Å². The van der Waals surface area contributed by atoms with E-state index < -0.39 is 17.5 Å². The van der Waals surface area contributed by atoms with Gasteiger partial charge in [-0.05, 0) is 42.3 Å². The van der Waals surface area contributed by atoms with Gasteiger partial charge in [-0.1, -0.05) is 18.2 Å². The van der Waals surface area contributed by atoms with Gasteiger partial charge in [-0.3, -0.25) is 14.6 Å². The molecule has 0 atom stereocenters. The Morgan fingerprint density at radius 3 is 2.57 bits per heavy atom. The number of ether oxygens (including phenoxy) is 1. The number of carbonyl (C=O) groups excluding carboxylic acids is 2. The Labute approximate surface area is 171 Å². The van der Waals surface area contributed by atoms with Gasteiger partial charge in [0.15, 0.2) is 11.6 Å². The molecule has 2 amide bonds. The number of hydrogen-bond donors (Lipinski definition) is 2. The second kappa shape index (κ2) is 9.60. The Balaban J connectivity index is 1.60. The van der Waals surface area contributed by atoms with Crippen molar-refractivity contribution >= 4 is 11.8 Å². The Kier molecular flexibility index (Phi) is 6.69. The van der Waals surface area contributed by atoms with Crippen LogP contribution in [0.1, 0.15) is 26.4 Å². The van der Waals surface area contributed by atoms with Crippen LogP contribution in [-0.2, 0) is 6.42 Å². The maximum atomic E-state index is 13.7. The highest BCUT2D eigenvalue weighted by Gasteiger charge is 2.14. The fraction of sp³-hybridized carbons (Fsp3) is 0.136. The lowest BCUT2D eigenvalue weighted by molar-refractivity contribution is 0.0944.